The lowest BCUT2D eigenvalue weighted by Crippen LogP contribution is -2.50. The van der Waals surface area contributed by atoms with E-state index in [1.54, 1.807) is 0 Å². The number of ether oxygens (including phenoxy) is 3. The van der Waals surface area contributed by atoms with Crippen molar-refractivity contribution >= 4 is 17.9 Å². The fraction of sp³-hybridized carbons (Fsp3) is 0.700. The third-order valence-electron chi connectivity index (χ3n) is 2.45. The Balaban J connectivity index is 5.16. The Labute approximate surface area is 98.6 Å². The Kier molecular flexibility index (Phi) is 5.60. The van der Waals surface area contributed by atoms with E-state index < -0.39 is 35.8 Å². The van der Waals surface area contributed by atoms with E-state index in [1.165, 1.54) is 6.92 Å². The lowest BCUT2D eigenvalue weighted by Gasteiger charge is -2.28. The highest BCUT2D eigenvalue weighted by Gasteiger charge is 2.49. The molecule has 0 saturated carbocycles. The molecule has 0 amide bonds. The van der Waals surface area contributed by atoms with Crippen molar-refractivity contribution in [2.45, 2.75) is 18.9 Å². The molecule has 0 aromatic rings. The van der Waals surface area contributed by atoms with Gasteiger partial charge in [-0.2, -0.15) is 0 Å². The van der Waals surface area contributed by atoms with Crippen LogP contribution in [-0.2, 0) is 28.6 Å². The monoisotopic (exact) mass is 248 g/mol. The Morgan fingerprint density at radius 3 is 2.00 bits per heavy atom. The number of carbonyl (C=O) groups is 3. The van der Waals surface area contributed by atoms with Crippen LogP contribution in [0.3, 0.4) is 0 Å². The van der Waals surface area contributed by atoms with Crippen LogP contribution in [0.4, 0.5) is 0 Å². The highest BCUT2D eigenvalue weighted by atomic mass is 16.6. The first-order chi connectivity index (χ1) is 7.83. The Bertz CT molecular complexity index is 312. The predicted molar refractivity (Wildman–Crippen MR) is 54.8 cm³/mol. The molecule has 0 aliphatic rings. The number of rotatable bonds is 5. The van der Waals surface area contributed by atoms with Crippen molar-refractivity contribution in [2.75, 3.05) is 21.3 Å². The first-order valence-electron chi connectivity index (χ1n) is 4.78. The van der Waals surface area contributed by atoms with Gasteiger partial charge in [0.1, 0.15) is 0 Å². The molecular weight excluding hydrogens is 232 g/mol. The van der Waals surface area contributed by atoms with Gasteiger partial charge in [0.15, 0.2) is 5.60 Å². The molecule has 17 heavy (non-hydrogen) atoms. The molecule has 0 saturated heterocycles. The normalized spacial score (nSPS) is 15.4. The van der Waals surface area contributed by atoms with Crippen LogP contribution < -0.4 is 0 Å². The second-order valence-electron chi connectivity index (χ2n) is 3.41. The molecule has 7 nitrogen and oxygen atoms in total. The van der Waals surface area contributed by atoms with E-state index in [9.17, 15) is 19.5 Å². The Morgan fingerprint density at radius 1 is 1.12 bits per heavy atom. The van der Waals surface area contributed by atoms with Crippen molar-refractivity contribution in [1.82, 2.24) is 0 Å². The SMILES string of the molecule is COC(=O)CC(O)(C(=O)OC)C(C)C(=O)OC. The molecule has 0 radical (unpaired) electrons. The summed E-state index contributed by atoms with van der Waals surface area (Å²) < 4.78 is 13.1. The summed E-state index contributed by atoms with van der Waals surface area (Å²) in [6.45, 7) is 1.26. The number of hydrogen-bond acceptors (Lipinski definition) is 7. The van der Waals surface area contributed by atoms with Crippen LogP contribution >= 0.6 is 0 Å². The summed E-state index contributed by atoms with van der Waals surface area (Å²) in [6.07, 6.45) is -0.688. The Morgan fingerprint density at radius 2 is 1.65 bits per heavy atom. The van der Waals surface area contributed by atoms with E-state index >= 15 is 0 Å². The van der Waals surface area contributed by atoms with E-state index in [0.29, 0.717) is 0 Å². The molecule has 0 aliphatic carbocycles. The Hall–Kier alpha value is -1.63. The molecular formula is C10H16O7. The first kappa shape index (κ1) is 15.4. The average Bonchev–Trinajstić information content (AvgIpc) is 2.35. The predicted octanol–water partition coefficient (Wildman–Crippen LogP) is -0.737. The van der Waals surface area contributed by atoms with Gasteiger partial charge in [-0.3, -0.25) is 9.59 Å². The summed E-state index contributed by atoms with van der Waals surface area (Å²) in [7, 11) is 3.24. The van der Waals surface area contributed by atoms with Gasteiger partial charge in [-0.15, -0.1) is 0 Å². The van der Waals surface area contributed by atoms with Gasteiger partial charge in [0.05, 0.1) is 33.7 Å². The first-order valence-corrected chi connectivity index (χ1v) is 4.78. The third kappa shape index (κ3) is 3.42. The van der Waals surface area contributed by atoms with Crippen molar-refractivity contribution < 1.29 is 33.7 Å². The van der Waals surface area contributed by atoms with Crippen LogP contribution in [0.5, 0.6) is 0 Å². The highest BCUT2D eigenvalue weighted by Crippen LogP contribution is 2.25. The van der Waals surface area contributed by atoms with Gasteiger partial charge >= 0.3 is 17.9 Å². The summed E-state index contributed by atoms with van der Waals surface area (Å²) in [5, 5.41) is 10.1. The number of methoxy groups -OCH3 is 3. The molecule has 2 atom stereocenters. The van der Waals surface area contributed by atoms with Crippen LogP contribution in [0.15, 0.2) is 0 Å². The van der Waals surface area contributed by atoms with E-state index in [2.05, 4.69) is 14.2 Å². The zero-order chi connectivity index (χ0) is 13.6. The van der Waals surface area contributed by atoms with Crippen molar-refractivity contribution in [2.24, 2.45) is 5.92 Å². The maximum Gasteiger partial charge on any atom is 0.339 e. The largest absolute Gasteiger partial charge is 0.469 e. The molecule has 0 heterocycles. The maximum absolute atomic E-state index is 11.5. The molecule has 0 aliphatic heterocycles. The van der Waals surface area contributed by atoms with Crippen LogP contribution in [0.2, 0.25) is 0 Å². The fourth-order valence-corrected chi connectivity index (χ4v) is 1.24. The summed E-state index contributed by atoms with van der Waals surface area (Å²) in [5.41, 5.74) is -2.30. The van der Waals surface area contributed by atoms with Crippen molar-refractivity contribution in [3.63, 3.8) is 0 Å². The third-order valence-corrected chi connectivity index (χ3v) is 2.45. The van der Waals surface area contributed by atoms with Gasteiger partial charge in [0.25, 0.3) is 0 Å². The van der Waals surface area contributed by atoms with Gasteiger partial charge in [-0.25, -0.2) is 4.79 Å². The lowest BCUT2D eigenvalue weighted by atomic mass is 9.85. The quantitative estimate of drug-likeness (QED) is 0.505. The minimum Gasteiger partial charge on any atom is -0.469 e. The number of aliphatic hydroxyl groups is 1. The van der Waals surface area contributed by atoms with Gasteiger partial charge in [0, 0.05) is 0 Å². The molecule has 1 N–H and O–H groups in total. The van der Waals surface area contributed by atoms with E-state index in [0.717, 1.165) is 21.3 Å². The number of carbonyl (C=O) groups excluding carboxylic acids is 3. The number of hydrogen-bond donors (Lipinski definition) is 1. The number of esters is 3. The van der Waals surface area contributed by atoms with Crippen LogP contribution in [0.25, 0.3) is 0 Å². The van der Waals surface area contributed by atoms with Crippen LogP contribution in [-0.4, -0.2) is 49.9 Å². The average molecular weight is 248 g/mol. The van der Waals surface area contributed by atoms with Gasteiger partial charge in [0.2, 0.25) is 0 Å². The molecule has 0 rings (SSSR count). The summed E-state index contributed by atoms with van der Waals surface area (Å²) >= 11 is 0. The molecule has 0 aromatic heterocycles. The van der Waals surface area contributed by atoms with Crippen molar-refractivity contribution in [3.8, 4) is 0 Å². The maximum atomic E-state index is 11.5. The fourth-order valence-electron chi connectivity index (χ4n) is 1.24. The molecule has 0 bridgehead atoms. The second kappa shape index (κ2) is 6.19. The highest BCUT2D eigenvalue weighted by molar-refractivity contribution is 5.91. The van der Waals surface area contributed by atoms with Gasteiger partial charge in [-0.1, -0.05) is 0 Å². The van der Waals surface area contributed by atoms with Crippen LogP contribution in [0, 0.1) is 5.92 Å². The van der Waals surface area contributed by atoms with Crippen molar-refractivity contribution in [3.05, 3.63) is 0 Å². The van der Waals surface area contributed by atoms with E-state index in [4.69, 9.17) is 0 Å². The minimum atomic E-state index is -2.30. The molecule has 0 spiro atoms. The summed E-state index contributed by atoms with van der Waals surface area (Å²) in [4.78, 5) is 33.9. The van der Waals surface area contributed by atoms with E-state index in [-0.39, 0.29) is 0 Å². The topological polar surface area (TPSA) is 99.1 Å². The lowest BCUT2D eigenvalue weighted by molar-refractivity contribution is -0.182. The van der Waals surface area contributed by atoms with Gasteiger partial charge < -0.3 is 19.3 Å². The second-order valence-corrected chi connectivity index (χ2v) is 3.41. The van der Waals surface area contributed by atoms with Gasteiger partial charge in [-0.05, 0) is 6.92 Å². The van der Waals surface area contributed by atoms with E-state index in [1.807, 2.05) is 0 Å². The molecule has 98 valence electrons. The molecule has 0 aromatic carbocycles. The minimum absolute atomic E-state index is 0.688. The molecule has 7 heteroatoms. The zero-order valence-electron chi connectivity index (χ0n) is 10.2. The van der Waals surface area contributed by atoms with Crippen molar-refractivity contribution in [1.29, 1.82) is 0 Å². The molecule has 2 unspecified atom stereocenters. The smallest absolute Gasteiger partial charge is 0.339 e. The summed E-state index contributed by atoms with van der Waals surface area (Å²) in [5.74, 6) is -4.02. The summed E-state index contributed by atoms with van der Waals surface area (Å²) in [6, 6.07) is 0. The standard InChI is InChI=1S/C10H16O7/c1-6(8(12)16-3)10(14,9(13)17-4)5-7(11)15-2/h6,14H,5H2,1-4H3. The molecule has 0 fully saturated rings. The zero-order valence-corrected chi connectivity index (χ0v) is 10.2. The van der Waals surface area contributed by atoms with Crippen LogP contribution in [0.1, 0.15) is 13.3 Å².